The molecule has 0 aliphatic rings. The fourth-order valence-electron chi connectivity index (χ4n) is 1.56. The number of aromatic carboxylic acids is 1. The van der Waals surface area contributed by atoms with Crippen LogP contribution in [-0.4, -0.2) is 16.1 Å². The van der Waals surface area contributed by atoms with Crippen molar-refractivity contribution in [3.8, 4) is 11.5 Å². The molecule has 2 aromatic rings. The normalized spacial score (nSPS) is 10.7. The number of carboxylic acid groups (broad SMARTS) is 1. The molecule has 1 heterocycles. The minimum atomic E-state index is -1.31. The van der Waals surface area contributed by atoms with Crippen LogP contribution in [0.25, 0.3) is 11.5 Å². The molecule has 19 heavy (non-hydrogen) atoms. The summed E-state index contributed by atoms with van der Waals surface area (Å²) in [6, 6.07) is 1.59. The summed E-state index contributed by atoms with van der Waals surface area (Å²) in [5.41, 5.74) is -0.110. The second-order valence-electron chi connectivity index (χ2n) is 3.70. The van der Waals surface area contributed by atoms with Crippen LogP contribution in [0.4, 0.5) is 8.78 Å². The van der Waals surface area contributed by atoms with Gasteiger partial charge in [0.15, 0.2) is 0 Å². The Kier molecular flexibility index (Phi) is 3.53. The molecule has 2 rings (SSSR count). The van der Waals surface area contributed by atoms with E-state index in [2.05, 4.69) is 4.98 Å². The largest absolute Gasteiger partial charge is 0.475 e. The topological polar surface area (TPSA) is 63.3 Å². The summed E-state index contributed by atoms with van der Waals surface area (Å²) in [6.07, 6.45) is 0.294. The van der Waals surface area contributed by atoms with Gasteiger partial charge in [0, 0.05) is 0 Å². The van der Waals surface area contributed by atoms with E-state index in [1.54, 1.807) is 6.92 Å². The highest BCUT2D eigenvalue weighted by Gasteiger charge is 2.21. The molecule has 1 aromatic heterocycles. The van der Waals surface area contributed by atoms with Crippen molar-refractivity contribution in [3.63, 3.8) is 0 Å². The van der Waals surface area contributed by atoms with E-state index in [1.807, 2.05) is 0 Å². The number of carbonyl (C=O) groups is 1. The summed E-state index contributed by atoms with van der Waals surface area (Å²) in [7, 11) is 0. The van der Waals surface area contributed by atoms with Gasteiger partial charge in [0.25, 0.3) is 0 Å². The van der Waals surface area contributed by atoms with Crippen molar-refractivity contribution in [3.05, 3.63) is 40.2 Å². The lowest BCUT2D eigenvalue weighted by Gasteiger charge is -2.00. The molecule has 0 saturated carbocycles. The first-order valence-electron chi connectivity index (χ1n) is 5.32. The quantitative estimate of drug-likeness (QED) is 0.877. The van der Waals surface area contributed by atoms with Crippen LogP contribution in [0, 0.1) is 11.6 Å². The number of hydrogen-bond acceptors (Lipinski definition) is 3. The highest BCUT2D eigenvalue weighted by atomic mass is 35.5. The molecule has 0 atom stereocenters. The van der Waals surface area contributed by atoms with Gasteiger partial charge in [-0.05, 0) is 18.6 Å². The van der Waals surface area contributed by atoms with Crippen molar-refractivity contribution >= 4 is 17.6 Å². The van der Waals surface area contributed by atoms with Gasteiger partial charge in [-0.15, -0.1) is 0 Å². The molecule has 1 aromatic carbocycles. The highest BCUT2D eigenvalue weighted by molar-refractivity contribution is 6.30. The Morgan fingerprint density at radius 3 is 2.63 bits per heavy atom. The molecule has 4 nitrogen and oxygen atoms in total. The van der Waals surface area contributed by atoms with Gasteiger partial charge < -0.3 is 9.52 Å². The molecule has 0 fully saturated rings. The van der Waals surface area contributed by atoms with Gasteiger partial charge in [-0.25, -0.2) is 18.6 Å². The SMILES string of the molecule is CCc1nc(-c2cc(F)c(Cl)cc2F)oc1C(=O)O. The number of aryl methyl sites for hydroxylation is 1. The van der Waals surface area contributed by atoms with Crippen LogP contribution in [0.1, 0.15) is 23.2 Å². The van der Waals surface area contributed by atoms with E-state index >= 15 is 0 Å². The van der Waals surface area contributed by atoms with E-state index in [0.29, 0.717) is 6.42 Å². The Labute approximate surface area is 111 Å². The van der Waals surface area contributed by atoms with Crippen LogP contribution in [0.3, 0.4) is 0 Å². The second-order valence-corrected chi connectivity index (χ2v) is 4.11. The Bertz CT molecular complexity index is 655. The first-order chi connectivity index (χ1) is 8.93. The van der Waals surface area contributed by atoms with Gasteiger partial charge >= 0.3 is 5.97 Å². The molecule has 0 aliphatic heterocycles. The minimum absolute atomic E-state index is 0.164. The van der Waals surface area contributed by atoms with Crippen molar-refractivity contribution in [1.82, 2.24) is 4.98 Å². The molecule has 0 spiro atoms. The molecule has 0 amide bonds. The summed E-state index contributed by atoms with van der Waals surface area (Å²) in [6.45, 7) is 1.67. The number of halogens is 3. The molecule has 0 unspecified atom stereocenters. The smallest absolute Gasteiger partial charge is 0.373 e. The van der Waals surface area contributed by atoms with Crippen molar-refractivity contribution in [2.45, 2.75) is 13.3 Å². The first-order valence-corrected chi connectivity index (χ1v) is 5.69. The van der Waals surface area contributed by atoms with Gasteiger partial charge in [-0.3, -0.25) is 0 Å². The van der Waals surface area contributed by atoms with Gasteiger partial charge in [0.1, 0.15) is 11.6 Å². The number of benzene rings is 1. The molecule has 0 saturated heterocycles. The molecule has 0 radical (unpaired) electrons. The lowest BCUT2D eigenvalue weighted by atomic mass is 10.2. The summed E-state index contributed by atoms with van der Waals surface area (Å²) in [5, 5.41) is 8.53. The molecule has 7 heteroatoms. The molecule has 1 N–H and O–H groups in total. The van der Waals surface area contributed by atoms with E-state index in [0.717, 1.165) is 12.1 Å². The monoisotopic (exact) mass is 287 g/mol. The summed E-state index contributed by atoms with van der Waals surface area (Å²) in [5.74, 6) is -3.67. The Hall–Kier alpha value is -1.95. The van der Waals surface area contributed by atoms with E-state index < -0.39 is 17.6 Å². The molecular weight excluding hydrogens is 280 g/mol. The predicted molar refractivity (Wildman–Crippen MR) is 63.2 cm³/mol. The fourth-order valence-corrected chi connectivity index (χ4v) is 1.71. The third-order valence-electron chi connectivity index (χ3n) is 2.47. The van der Waals surface area contributed by atoms with Gasteiger partial charge in [-0.2, -0.15) is 0 Å². The predicted octanol–water partition coefficient (Wildman–Crippen LogP) is 3.53. The summed E-state index contributed by atoms with van der Waals surface area (Å²) in [4.78, 5) is 14.8. The molecule has 0 aliphatic carbocycles. The number of hydrogen-bond donors (Lipinski definition) is 1. The number of rotatable bonds is 3. The second kappa shape index (κ2) is 4.97. The average Bonchev–Trinajstić information content (AvgIpc) is 2.77. The zero-order valence-electron chi connectivity index (χ0n) is 9.71. The summed E-state index contributed by atoms with van der Waals surface area (Å²) < 4.78 is 31.9. The summed E-state index contributed by atoms with van der Waals surface area (Å²) >= 11 is 5.43. The zero-order valence-corrected chi connectivity index (χ0v) is 10.5. The van der Waals surface area contributed by atoms with Gasteiger partial charge in [0.05, 0.1) is 16.3 Å². The molecule has 0 bridgehead atoms. The Morgan fingerprint density at radius 1 is 1.42 bits per heavy atom. The van der Waals surface area contributed by atoms with Crippen LogP contribution >= 0.6 is 11.6 Å². The van der Waals surface area contributed by atoms with E-state index in [-0.39, 0.29) is 27.9 Å². The van der Waals surface area contributed by atoms with E-state index in [9.17, 15) is 13.6 Å². The molecular formula is C12H8ClF2NO3. The lowest BCUT2D eigenvalue weighted by Crippen LogP contribution is -1.98. The van der Waals surface area contributed by atoms with Crippen molar-refractivity contribution in [1.29, 1.82) is 0 Å². The van der Waals surface area contributed by atoms with Gasteiger partial charge in [0.2, 0.25) is 11.7 Å². The average molecular weight is 288 g/mol. The van der Waals surface area contributed by atoms with Crippen LogP contribution in [0.2, 0.25) is 5.02 Å². The van der Waals surface area contributed by atoms with Crippen LogP contribution in [0.5, 0.6) is 0 Å². The van der Waals surface area contributed by atoms with Crippen molar-refractivity contribution < 1.29 is 23.1 Å². The maximum atomic E-state index is 13.7. The molecule has 100 valence electrons. The number of carboxylic acids is 1. The minimum Gasteiger partial charge on any atom is -0.475 e. The fraction of sp³-hybridized carbons (Fsp3) is 0.167. The maximum Gasteiger partial charge on any atom is 0.373 e. The third-order valence-corrected chi connectivity index (χ3v) is 2.76. The van der Waals surface area contributed by atoms with Crippen LogP contribution in [0.15, 0.2) is 16.5 Å². The van der Waals surface area contributed by atoms with Crippen molar-refractivity contribution in [2.75, 3.05) is 0 Å². The lowest BCUT2D eigenvalue weighted by molar-refractivity contribution is 0.0661. The number of oxazole rings is 1. The third kappa shape index (κ3) is 2.44. The number of aromatic nitrogens is 1. The Morgan fingerprint density at radius 2 is 2.11 bits per heavy atom. The van der Waals surface area contributed by atoms with E-state index in [1.165, 1.54) is 0 Å². The van der Waals surface area contributed by atoms with E-state index in [4.69, 9.17) is 21.1 Å². The van der Waals surface area contributed by atoms with Crippen molar-refractivity contribution in [2.24, 2.45) is 0 Å². The highest BCUT2D eigenvalue weighted by Crippen LogP contribution is 2.28. The zero-order chi connectivity index (χ0) is 14.2. The maximum absolute atomic E-state index is 13.7. The Balaban J connectivity index is 2.59. The van der Waals surface area contributed by atoms with Crippen LogP contribution in [-0.2, 0) is 6.42 Å². The standard InChI is InChI=1S/C12H8ClF2NO3/c1-2-9-10(12(17)18)19-11(16-9)5-3-8(15)6(13)4-7(5)14/h3-4H,2H2,1H3,(H,17,18). The van der Waals surface area contributed by atoms with Gasteiger partial charge in [-0.1, -0.05) is 18.5 Å². The first kappa shape index (κ1) is 13.5. The number of nitrogens with zero attached hydrogens (tertiary/aromatic N) is 1. The van der Waals surface area contributed by atoms with Crippen LogP contribution < -0.4 is 0 Å².